The summed E-state index contributed by atoms with van der Waals surface area (Å²) in [4.78, 5) is 10.8. The van der Waals surface area contributed by atoms with Crippen molar-refractivity contribution in [3.05, 3.63) is 0 Å². The molecular formula is C23H38O5S. The maximum atomic E-state index is 11.7. The van der Waals surface area contributed by atoms with Crippen LogP contribution in [0.1, 0.15) is 90.9 Å². The number of unbranched alkanes of at least 4 members (excludes halogenated alkanes) is 1. The number of fused-ring (bicyclic) bond motifs is 5. The van der Waals surface area contributed by atoms with Crippen molar-refractivity contribution in [2.75, 3.05) is 0 Å². The average molecular weight is 427 g/mol. The number of hydrogen-bond donors (Lipinski definition) is 1. The molecule has 0 heterocycles. The van der Waals surface area contributed by atoms with E-state index in [2.05, 4.69) is 13.8 Å². The normalized spacial score (nSPS) is 47.1. The molecule has 4 unspecified atom stereocenters. The van der Waals surface area contributed by atoms with E-state index in [-0.39, 0.29) is 22.9 Å². The minimum absolute atomic E-state index is 0.197. The summed E-state index contributed by atoms with van der Waals surface area (Å²) in [6, 6.07) is 0. The molecule has 0 spiro atoms. The third-order valence-electron chi connectivity index (χ3n) is 9.89. The SMILES string of the molecule is C[C@]12CCCCC1C[C@H](OS(=O)(=O)O)C1C2CC[C@@]2(C)C1CC[C@@H]2CCCC=O. The van der Waals surface area contributed by atoms with E-state index < -0.39 is 10.4 Å². The summed E-state index contributed by atoms with van der Waals surface area (Å²) in [5, 5.41) is 0. The second kappa shape index (κ2) is 7.90. The Hall–Kier alpha value is -0.460. The van der Waals surface area contributed by atoms with Gasteiger partial charge in [-0.25, -0.2) is 4.18 Å². The molecular weight excluding hydrogens is 388 g/mol. The predicted octanol–water partition coefficient (Wildman–Crippen LogP) is 5.20. The van der Waals surface area contributed by atoms with Gasteiger partial charge in [-0.05, 0) is 98.2 Å². The van der Waals surface area contributed by atoms with Crippen molar-refractivity contribution < 1.29 is 21.9 Å². The quantitative estimate of drug-likeness (QED) is 0.358. The molecule has 0 radical (unpaired) electrons. The number of hydrogen-bond acceptors (Lipinski definition) is 4. The third kappa shape index (κ3) is 3.82. The fourth-order valence-corrected chi connectivity index (χ4v) is 9.04. The van der Waals surface area contributed by atoms with Crippen molar-refractivity contribution in [2.45, 2.75) is 97.0 Å². The summed E-state index contributed by atoms with van der Waals surface area (Å²) < 4.78 is 38.4. The van der Waals surface area contributed by atoms with Gasteiger partial charge in [0.2, 0.25) is 0 Å². The molecule has 4 aliphatic carbocycles. The molecule has 0 aromatic carbocycles. The van der Waals surface area contributed by atoms with Crippen LogP contribution in [-0.4, -0.2) is 25.4 Å². The van der Waals surface area contributed by atoms with Gasteiger partial charge in [-0.2, -0.15) is 8.42 Å². The molecule has 8 atom stereocenters. The molecule has 0 aliphatic heterocycles. The molecule has 0 aromatic rings. The molecule has 0 aromatic heterocycles. The van der Waals surface area contributed by atoms with Gasteiger partial charge >= 0.3 is 10.4 Å². The zero-order valence-electron chi connectivity index (χ0n) is 18.0. The largest absolute Gasteiger partial charge is 0.397 e. The van der Waals surface area contributed by atoms with Gasteiger partial charge in [0.05, 0.1) is 6.10 Å². The minimum atomic E-state index is -4.45. The average Bonchev–Trinajstić information content (AvgIpc) is 2.98. The summed E-state index contributed by atoms with van der Waals surface area (Å²) in [6.07, 6.45) is 13.6. The number of rotatable bonds is 6. The predicted molar refractivity (Wildman–Crippen MR) is 112 cm³/mol. The van der Waals surface area contributed by atoms with Gasteiger partial charge in [0.1, 0.15) is 6.29 Å². The Morgan fingerprint density at radius 2 is 1.79 bits per heavy atom. The van der Waals surface area contributed by atoms with E-state index in [1.807, 2.05) is 0 Å². The second-order valence-corrected chi connectivity index (χ2v) is 12.0. The first kappa shape index (κ1) is 21.8. The minimum Gasteiger partial charge on any atom is -0.303 e. The van der Waals surface area contributed by atoms with E-state index in [0.717, 1.165) is 44.8 Å². The second-order valence-electron chi connectivity index (χ2n) is 11.0. The van der Waals surface area contributed by atoms with Crippen molar-refractivity contribution in [1.82, 2.24) is 0 Å². The van der Waals surface area contributed by atoms with E-state index in [4.69, 9.17) is 4.18 Å². The van der Waals surface area contributed by atoms with Gasteiger partial charge in [-0.15, -0.1) is 0 Å². The molecule has 0 bridgehead atoms. The van der Waals surface area contributed by atoms with Crippen molar-refractivity contribution in [2.24, 2.45) is 40.4 Å². The number of aldehydes is 1. The Morgan fingerprint density at radius 1 is 1.03 bits per heavy atom. The van der Waals surface area contributed by atoms with E-state index in [1.165, 1.54) is 32.1 Å². The van der Waals surface area contributed by atoms with E-state index in [9.17, 15) is 17.8 Å². The monoisotopic (exact) mass is 426 g/mol. The number of carbonyl (C=O) groups is 1. The van der Waals surface area contributed by atoms with Crippen LogP contribution >= 0.6 is 0 Å². The third-order valence-corrected chi connectivity index (χ3v) is 10.4. The standard InChI is InChI=1S/C23H38O5S/c1-22-12-5-3-8-17(22)15-20(28-29(25,26)27)21-18-10-9-16(7-4-6-14-24)23(18,2)13-11-19(21)22/h14,16-21H,3-13,15H2,1-2H3,(H,25,26,27)/t16-,17?,18?,19?,20-,21?,22-,23+/m0/s1. The lowest BCUT2D eigenvalue weighted by Crippen LogP contribution is -2.58. The van der Waals surface area contributed by atoms with Gasteiger partial charge in [0.15, 0.2) is 0 Å². The Labute approximate surface area is 176 Å². The van der Waals surface area contributed by atoms with Crippen LogP contribution in [0.3, 0.4) is 0 Å². The molecule has 4 saturated carbocycles. The van der Waals surface area contributed by atoms with Crippen LogP contribution in [0, 0.1) is 40.4 Å². The molecule has 4 aliphatic rings. The van der Waals surface area contributed by atoms with E-state index >= 15 is 0 Å². The van der Waals surface area contributed by atoms with Crippen LogP contribution in [0.5, 0.6) is 0 Å². The van der Waals surface area contributed by atoms with E-state index in [0.29, 0.717) is 30.1 Å². The van der Waals surface area contributed by atoms with Crippen molar-refractivity contribution in [3.8, 4) is 0 Å². The van der Waals surface area contributed by atoms with Gasteiger partial charge in [0, 0.05) is 6.42 Å². The highest BCUT2D eigenvalue weighted by Gasteiger charge is 2.62. The molecule has 1 N–H and O–H groups in total. The first-order valence-corrected chi connectivity index (χ1v) is 13.1. The van der Waals surface area contributed by atoms with Gasteiger partial charge in [0.25, 0.3) is 0 Å². The lowest BCUT2D eigenvalue weighted by atomic mass is 9.44. The van der Waals surface area contributed by atoms with Gasteiger partial charge < -0.3 is 4.79 Å². The molecule has 29 heavy (non-hydrogen) atoms. The highest BCUT2D eigenvalue weighted by Crippen LogP contribution is 2.68. The van der Waals surface area contributed by atoms with Crippen molar-refractivity contribution in [3.63, 3.8) is 0 Å². The van der Waals surface area contributed by atoms with E-state index in [1.54, 1.807) is 0 Å². The van der Waals surface area contributed by atoms with Crippen LogP contribution in [0.4, 0.5) is 0 Å². The topological polar surface area (TPSA) is 80.7 Å². The first-order valence-electron chi connectivity index (χ1n) is 11.8. The smallest absolute Gasteiger partial charge is 0.303 e. The van der Waals surface area contributed by atoms with Crippen molar-refractivity contribution in [1.29, 1.82) is 0 Å². The zero-order valence-corrected chi connectivity index (χ0v) is 18.8. The Morgan fingerprint density at radius 3 is 2.52 bits per heavy atom. The number of carbonyl (C=O) groups excluding carboxylic acids is 1. The van der Waals surface area contributed by atoms with Crippen LogP contribution in [-0.2, 0) is 19.4 Å². The van der Waals surface area contributed by atoms with Gasteiger partial charge in [-0.3, -0.25) is 4.55 Å². The highest BCUT2D eigenvalue weighted by atomic mass is 32.3. The summed E-state index contributed by atoms with van der Waals surface area (Å²) in [5.74, 6) is 2.26. The Balaban J connectivity index is 1.64. The van der Waals surface area contributed by atoms with Gasteiger partial charge in [-0.1, -0.05) is 26.7 Å². The molecule has 4 fully saturated rings. The Bertz CT molecular complexity index is 721. The molecule has 4 rings (SSSR count). The summed E-state index contributed by atoms with van der Waals surface area (Å²) in [6.45, 7) is 4.86. The lowest BCUT2D eigenvalue weighted by Gasteiger charge is -2.62. The van der Waals surface area contributed by atoms with Crippen molar-refractivity contribution >= 4 is 16.7 Å². The maximum absolute atomic E-state index is 11.7. The Kier molecular flexibility index (Phi) is 5.93. The molecule has 5 nitrogen and oxygen atoms in total. The lowest BCUT2D eigenvalue weighted by molar-refractivity contribution is -0.156. The summed E-state index contributed by atoms with van der Waals surface area (Å²) in [5.41, 5.74) is 0.474. The van der Waals surface area contributed by atoms with Crippen LogP contribution in [0.15, 0.2) is 0 Å². The fraction of sp³-hybridized carbons (Fsp3) is 0.957. The summed E-state index contributed by atoms with van der Waals surface area (Å²) in [7, 11) is -4.45. The first-order chi connectivity index (χ1) is 13.7. The van der Waals surface area contributed by atoms with Crippen LogP contribution in [0.25, 0.3) is 0 Å². The molecule has 6 heteroatoms. The molecule has 166 valence electrons. The molecule has 0 amide bonds. The zero-order chi connectivity index (χ0) is 20.9. The fourth-order valence-electron chi connectivity index (χ4n) is 8.52. The summed E-state index contributed by atoms with van der Waals surface area (Å²) >= 11 is 0. The molecule has 0 saturated heterocycles. The maximum Gasteiger partial charge on any atom is 0.397 e. The highest BCUT2D eigenvalue weighted by molar-refractivity contribution is 7.80. The van der Waals surface area contributed by atoms with Crippen LogP contribution in [0.2, 0.25) is 0 Å². The van der Waals surface area contributed by atoms with Crippen LogP contribution < -0.4 is 0 Å².